The number of carbonyl (C=O) groups excluding carboxylic acids is 4. The van der Waals surface area contributed by atoms with E-state index in [1.807, 2.05) is 26.0 Å². The molecule has 4 aliphatic heterocycles. The molecule has 18 nitrogen and oxygen atoms in total. The van der Waals surface area contributed by atoms with Crippen molar-refractivity contribution in [1.29, 1.82) is 0 Å². The molecule has 2 unspecified atom stereocenters. The van der Waals surface area contributed by atoms with Gasteiger partial charge in [-0.25, -0.2) is 19.6 Å². The van der Waals surface area contributed by atoms with E-state index in [9.17, 15) is 19.2 Å². The number of amides is 4. The number of hydrogen-bond donors (Lipinski definition) is 4. The van der Waals surface area contributed by atoms with E-state index < -0.39 is 36.5 Å². The van der Waals surface area contributed by atoms with Crippen LogP contribution < -0.4 is 20.1 Å². The highest BCUT2D eigenvalue weighted by atomic mass is 16.5. The molecule has 2 aromatic heterocycles. The Bertz CT molecular complexity index is 2150. The molecule has 0 spiro atoms. The standard InChI is InChI=1S/C44H54N8O10/c1-21-9-11-31(51(21)41(53)37(23(3)57-5)49-43(55)59-7)39-45-17-29(47-39)25-13-27-19-62-34-16-26(14-28-20-61-33(15-25)35(27)36(28)34)30-18-46-40(48-30)32-12-10-22(2)52(32)42(54)38(24(4)58-6)50-44(56)60-8/h13-18,21-24,31-32,37-38H,9-12,19-20H2,1-8H3,(H,45,47)(H,46,48)(H,49,55)(H,50,56)/t21-,22-,23+,24+,31-,32-,37?,38?/m0/s1. The maximum Gasteiger partial charge on any atom is 0.407 e. The van der Waals surface area contributed by atoms with Gasteiger partial charge in [0.25, 0.3) is 0 Å². The largest absolute Gasteiger partial charge is 0.488 e. The number of nitrogens with zero attached hydrogens (tertiary/aromatic N) is 4. The number of carbonyl (C=O) groups is 4. The predicted octanol–water partition coefficient (Wildman–Crippen LogP) is 5.54. The molecule has 0 saturated carbocycles. The summed E-state index contributed by atoms with van der Waals surface area (Å²) in [5.41, 5.74) is 7.19. The monoisotopic (exact) mass is 854 g/mol. The topological polar surface area (TPSA) is 212 Å². The van der Waals surface area contributed by atoms with Gasteiger partial charge in [-0.1, -0.05) is 0 Å². The summed E-state index contributed by atoms with van der Waals surface area (Å²) in [6.07, 6.45) is 3.87. The molecular formula is C44H54N8O10. The minimum Gasteiger partial charge on any atom is -0.488 e. The van der Waals surface area contributed by atoms with Crippen molar-refractivity contribution in [3.8, 4) is 45.1 Å². The summed E-state index contributed by atoms with van der Waals surface area (Å²) in [4.78, 5) is 72.3. The number of rotatable bonds is 12. The minimum absolute atomic E-state index is 0.0883. The Balaban J connectivity index is 1.03. The summed E-state index contributed by atoms with van der Waals surface area (Å²) < 4.78 is 33.4. The Morgan fingerprint density at radius 1 is 0.661 bits per heavy atom. The molecule has 6 heterocycles. The molecule has 4 aromatic rings. The number of benzene rings is 2. The van der Waals surface area contributed by atoms with Crippen molar-refractivity contribution in [3.05, 3.63) is 59.4 Å². The Hall–Kier alpha value is -6.14. The van der Waals surface area contributed by atoms with E-state index >= 15 is 0 Å². The molecular weight excluding hydrogens is 801 g/mol. The lowest BCUT2D eigenvalue weighted by Crippen LogP contribution is -2.55. The van der Waals surface area contributed by atoms with Gasteiger partial charge >= 0.3 is 12.2 Å². The molecule has 0 aliphatic carbocycles. The van der Waals surface area contributed by atoms with Crippen LogP contribution in [-0.4, -0.2) is 119 Å². The molecule has 4 N–H and O–H groups in total. The number of H-pyrrole nitrogens is 2. The van der Waals surface area contributed by atoms with Gasteiger partial charge in [0.15, 0.2) is 0 Å². The van der Waals surface area contributed by atoms with Crippen LogP contribution in [0.4, 0.5) is 9.59 Å². The van der Waals surface area contributed by atoms with Gasteiger partial charge in [-0.15, -0.1) is 0 Å². The summed E-state index contributed by atoms with van der Waals surface area (Å²) >= 11 is 0. The van der Waals surface area contributed by atoms with Crippen LogP contribution in [0.2, 0.25) is 0 Å². The maximum atomic E-state index is 14.0. The zero-order chi connectivity index (χ0) is 44.0. The van der Waals surface area contributed by atoms with E-state index in [0.29, 0.717) is 37.7 Å². The molecule has 0 radical (unpaired) electrons. The molecule has 62 heavy (non-hydrogen) atoms. The Kier molecular flexibility index (Phi) is 11.9. The van der Waals surface area contributed by atoms with Gasteiger partial charge in [0.1, 0.15) is 48.4 Å². The molecule has 18 heteroatoms. The highest BCUT2D eigenvalue weighted by Gasteiger charge is 2.44. The second-order valence-electron chi connectivity index (χ2n) is 16.4. The fraction of sp³-hybridized carbons (Fsp3) is 0.500. The number of likely N-dealkylation sites (tertiary alicyclic amines) is 2. The van der Waals surface area contributed by atoms with Crippen molar-refractivity contribution >= 4 is 24.0 Å². The van der Waals surface area contributed by atoms with Crippen LogP contribution in [0.25, 0.3) is 33.6 Å². The number of nitrogens with one attached hydrogen (secondary N) is 4. The predicted molar refractivity (Wildman–Crippen MR) is 224 cm³/mol. The van der Waals surface area contributed by atoms with Crippen molar-refractivity contribution in [2.45, 2.75) is 115 Å². The van der Waals surface area contributed by atoms with E-state index in [-0.39, 0.29) is 36.0 Å². The Morgan fingerprint density at radius 2 is 1.06 bits per heavy atom. The van der Waals surface area contributed by atoms with Crippen LogP contribution in [0.15, 0.2) is 36.7 Å². The molecule has 8 rings (SSSR count). The zero-order valence-corrected chi connectivity index (χ0v) is 36.2. The first-order chi connectivity index (χ1) is 29.8. The fourth-order valence-corrected chi connectivity index (χ4v) is 9.27. The van der Waals surface area contributed by atoms with Crippen molar-refractivity contribution in [2.75, 3.05) is 28.4 Å². The van der Waals surface area contributed by atoms with Crippen LogP contribution in [0.3, 0.4) is 0 Å². The van der Waals surface area contributed by atoms with Gasteiger partial charge in [-0.05, 0) is 77.6 Å². The summed E-state index contributed by atoms with van der Waals surface area (Å²) in [7, 11) is 5.50. The first kappa shape index (κ1) is 42.5. The lowest BCUT2D eigenvalue weighted by atomic mass is 9.87. The number of hydrogen-bond acceptors (Lipinski definition) is 12. The number of aromatic nitrogens is 4. The molecule has 2 fully saturated rings. The second kappa shape index (κ2) is 17.3. The van der Waals surface area contributed by atoms with Crippen LogP contribution in [0, 0.1) is 0 Å². The molecule has 8 atom stereocenters. The Labute approximate surface area is 359 Å². The first-order valence-electron chi connectivity index (χ1n) is 20.9. The lowest BCUT2D eigenvalue weighted by molar-refractivity contribution is -0.140. The third-order valence-electron chi connectivity index (χ3n) is 12.8. The minimum atomic E-state index is -0.941. The van der Waals surface area contributed by atoms with Crippen molar-refractivity contribution < 1.29 is 47.6 Å². The summed E-state index contributed by atoms with van der Waals surface area (Å²) in [5.74, 6) is 2.22. The molecule has 0 bridgehead atoms. The van der Waals surface area contributed by atoms with Crippen LogP contribution in [0.1, 0.15) is 88.2 Å². The van der Waals surface area contributed by atoms with Crippen molar-refractivity contribution in [3.63, 3.8) is 0 Å². The average Bonchev–Trinajstić information content (AvgIpc) is 4.12. The second-order valence-corrected chi connectivity index (χ2v) is 16.4. The van der Waals surface area contributed by atoms with Gasteiger partial charge in [0.05, 0.1) is 62.3 Å². The number of aromatic amines is 2. The highest BCUT2D eigenvalue weighted by molar-refractivity contribution is 5.90. The van der Waals surface area contributed by atoms with E-state index in [0.717, 1.165) is 69.1 Å². The average molecular weight is 855 g/mol. The normalized spacial score (nSPS) is 21.8. The van der Waals surface area contributed by atoms with Crippen LogP contribution in [0.5, 0.6) is 11.5 Å². The van der Waals surface area contributed by atoms with Gasteiger partial charge in [0.2, 0.25) is 11.8 Å². The van der Waals surface area contributed by atoms with Gasteiger partial charge in [-0.2, -0.15) is 0 Å². The fourth-order valence-electron chi connectivity index (χ4n) is 9.27. The van der Waals surface area contributed by atoms with Gasteiger partial charge in [-0.3, -0.25) is 9.59 Å². The smallest absolute Gasteiger partial charge is 0.407 e. The maximum absolute atomic E-state index is 14.0. The zero-order valence-electron chi connectivity index (χ0n) is 36.2. The summed E-state index contributed by atoms with van der Waals surface area (Å²) in [6.45, 7) is 8.08. The van der Waals surface area contributed by atoms with Crippen molar-refractivity contribution in [1.82, 2.24) is 40.4 Å². The third kappa shape index (κ3) is 7.69. The molecule has 2 aromatic carbocycles. The number of alkyl carbamates (subject to hydrolysis) is 2. The molecule has 4 aliphatic rings. The van der Waals surface area contributed by atoms with Gasteiger partial charge in [0, 0.05) is 59.7 Å². The van der Waals surface area contributed by atoms with E-state index in [1.54, 1.807) is 36.0 Å². The molecule has 2 saturated heterocycles. The summed E-state index contributed by atoms with van der Waals surface area (Å²) in [5, 5.41) is 5.29. The number of methoxy groups -OCH3 is 4. The number of ether oxygens (including phenoxy) is 6. The SMILES string of the molecule is COC(=O)NC(C(=O)N1[C@@H](C)CC[C@H]1c1ncc(-c2cc3c4c(c2)OCc2cc(-c5cnc([C@@H]6CC[C@H](C)N6C(=O)C(NC(=O)OC)[C@@H](C)OC)[nH]5)cc(c2-4)OC3)[nH]1)[C@@H](C)OC. The van der Waals surface area contributed by atoms with Crippen LogP contribution >= 0.6 is 0 Å². The molecule has 330 valence electrons. The summed E-state index contributed by atoms with van der Waals surface area (Å²) in [6, 6.07) is 5.45. The Morgan fingerprint density at radius 3 is 1.44 bits per heavy atom. The third-order valence-corrected chi connectivity index (χ3v) is 12.8. The van der Waals surface area contributed by atoms with Gasteiger partial charge < -0.3 is 58.8 Å². The van der Waals surface area contributed by atoms with E-state index in [1.165, 1.54) is 28.4 Å². The first-order valence-corrected chi connectivity index (χ1v) is 20.9. The van der Waals surface area contributed by atoms with Crippen molar-refractivity contribution in [2.24, 2.45) is 0 Å². The van der Waals surface area contributed by atoms with E-state index in [4.69, 9.17) is 38.4 Å². The highest BCUT2D eigenvalue weighted by Crippen LogP contribution is 2.51. The van der Waals surface area contributed by atoms with E-state index in [2.05, 4.69) is 32.7 Å². The lowest BCUT2D eigenvalue weighted by Gasteiger charge is -2.33. The number of imidazole rings is 2. The molecule has 4 amide bonds. The van der Waals surface area contributed by atoms with Crippen LogP contribution in [-0.2, 0) is 41.8 Å². The quantitative estimate of drug-likeness (QED) is 0.138.